The summed E-state index contributed by atoms with van der Waals surface area (Å²) in [6, 6.07) is 53.4. The Morgan fingerprint density at radius 2 is 1.03 bits per heavy atom. The molecule has 0 N–H and O–H groups in total. The highest BCUT2D eigenvalue weighted by molar-refractivity contribution is 6.15. The van der Waals surface area contributed by atoms with E-state index in [2.05, 4.69) is 179 Å². The number of morpholine rings is 2. The van der Waals surface area contributed by atoms with Crippen LogP contribution in [0, 0.1) is 0 Å². The van der Waals surface area contributed by atoms with Crippen LogP contribution >= 0.6 is 0 Å². The molecule has 5 aromatic carbocycles. The molecule has 0 unspecified atom stereocenters. The number of ether oxygens (including phenoxy) is 4. The van der Waals surface area contributed by atoms with Gasteiger partial charge in [0.2, 0.25) is 0 Å². The highest BCUT2D eigenvalue weighted by atomic mass is 16.5. The second kappa shape index (κ2) is 18.8. The third kappa shape index (κ3) is 9.04. The van der Waals surface area contributed by atoms with Gasteiger partial charge in [0.1, 0.15) is 45.6 Å². The number of aliphatic imine (C=N–C) groups is 1. The van der Waals surface area contributed by atoms with Crippen LogP contribution in [0.2, 0.25) is 0 Å². The molecule has 0 spiro atoms. The number of fused-ring (bicyclic) bond motifs is 2. The van der Waals surface area contributed by atoms with Crippen molar-refractivity contribution in [3.8, 4) is 22.8 Å². The van der Waals surface area contributed by atoms with Crippen LogP contribution in [-0.2, 0) is 21.6 Å². The van der Waals surface area contributed by atoms with Gasteiger partial charge in [0.25, 0.3) is 0 Å². The van der Waals surface area contributed by atoms with Gasteiger partial charge < -0.3 is 28.7 Å². The van der Waals surface area contributed by atoms with Crippen molar-refractivity contribution in [3.05, 3.63) is 197 Å². The Kier molecular flexibility index (Phi) is 11.9. The molecule has 13 rings (SSSR count). The third-order valence-electron chi connectivity index (χ3n) is 14.6. The number of benzene rings is 5. The molecule has 11 heteroatoms. The predicted molar refractivity (Wildman–Crippen MR) is 280 cm³/mol. The van der Waals surface area contributed by atoms with Crippen LogP contribution in [0.3, 0.4) is 0 Å². The van der Waals surface area contributed by atoms with Crippen LogP contribution in [0.5, 0.6) is 11.5 Å². The van der Waals surface area contributed by atoms with E-state index < -0.39 is 5.54 Å². The number of hydrogen-bond acceptors (Lipinski definition) is 10. The maximum absolute atomic E-state index is 6.51. The highest BCUT2D eigenvalue weighted by Crippen LogP contribution is 2.46. The topological polar surface area (TPSA) is 99.4 Å². The first-order chi connectivity index (χ1) is 34.8. The molecular formula is C60H59N7O4. The zero-order valence-corrected chi connectivity index (χ0v) is 40.5. The number of nitrogens with zero attached hydrogens (tertiary/aromatic N) is 7. The summed E-state index contributed by atoms with van der Waals surface area (Å²) in [6.45, 7) is 11.4. The van der Waals surface area contributed by atoms with E-state index in [1.54, 1.807) is 0 Å². The van der Waals surface area contributed by atoms with Gasteiger partial charge in [-0.2, -0.15) is 5.10 Å². The van der Waals surface area contributed by atoms with Crippen molar-refractivity contribution < 1.29 is 18.9 Å². The van der Waals surface area contributed by atoms with E-state index >= 15 is 0 Å². The first-order valence-electron chi connectivity index (χ1n) is 25.2. The largest absolute Gasteiger partial charge is 0.488 e. The summed E-state index contributed by atoms with van der Waals surface area (Å²) >= 11 is 0. The quantitative estimate of drug-likeness (QED) is 0.111. The van der Waals surface area contributed by atoms with Crippen LogP contribution in [0.25, 0.3) is 22.2 Å². The minimum absolute atomic E-state index is 0.0321. The fraction of sp³-hybridized carbons (Fsp3) is 0.300. The van der Waals surface area contributed by atoms with Crippen molar-refractivity contribution in [3.63, 3.8) is 0 Å². The van der Waals surface area contributed by atoms with Crippen molar-refractivity contribution in [1.29, 1.82) is 0 Å². The van der Waals surface area contributed by atoms with Gasteiger partial charge in [0.05, 0.1) is 44.2 Å². The van der Waals surface area contributed by atoms with E-state index in [1.807, 2.05) is 18.5 Å². The molecule has 11 nitrogen and oxygen atoms in total. The van der Waals surface area contributed by atoms with Gasteiger partial charge in [0, 0.05) is 60.6 Å². The molecule has 358 valence electrons. The van der Waals surface area contributed by atoms with E-state index in [4.69, 9.17) is 34.0 Å². The minimum atomic E-state index is -0.745. The molecule has 0 bridgehead atoms. The van der Waals surface area contributed by atoms with Crippen molar-refractivity contribution in [2.45, 2.75) is 62.8 Å². The molecule has 6 heterocycles. The van der Waals surface area contributed by atoms with Gasteiger partial charge in [-0.3, -0.25) is 4.99 Å². The second-order valence-electron chi connectivity index (χ2n) is 19.8. The lowest BCUT2D eigenvalue weighted by molar-refractivity contribution is 0.122. The van der Waals surface area contributed by atoms with Crippen molar-refractivity contribution in [2.75, 3.05) is 62.4 Å². The zero-order valence-electron chi connectivity index (χ0n) is 40.5. The van der Waals surface area contributed by atoms with E-state index in [-0.39, 0.29) is 11.2 Å². The molecule has 71 heavy (non-hydrogen) atoms. The fourth-order valence-electron chi connectivity index (χ4n) is 10.2. The zero-order chi connectivity index (χ0) is 47.8. The summed E-state index contributed by atoms with van der Waals surface area (Å²) in [6.07, 6.45) is 8.20. The molecule has 0 radical (unpaired) electrons. The van der Waals surface area contributed by atoms with E-state index in [9.17, 15) is 0 Å². The Morgan fingerprint density at radius 1 is 0.535 bits per heavy atom. The van der Waals surface area contributed by atoms with Gasteiger partial charge in [0.15, 0.2) is 0 Å². The summed E-state index contributed by atoms with van der Waals surface area (Å²) in [7, 11) is 0. The summed E-state index contributed by atoms with van der Waals surface area (Å²) in [5.41, 5.74) is 10.2. The second-order valence-corrected chi connectivity index (χ2v) is 19.8. The molecule has 2 saturated carbocycles. The lowest BCUT2D eigenvalue weighted by atomic mass is 9.77. The maximum Gasteiger partial charge on any atom is 0.138 e. The van der Waals surface area contributed by atoms with E-state index in [1.165, 1.54) is 11.1 Å². The first-order valence-corrected chi connectivity index (χ1v) is 25.2. The van der Waals surface area contributed by atoms with Gasteiger partial charge in [-0.15, -0.1) is 0 Å². The number of hydrogen-bond donors (Lipinski definition) is 0. The molecule has 5 aliphatic rings. The smallest absolute Gasteiger partial charge is 0.138 e. The monoisotopic (exact) mass is 941 g/mol. The number of aromatic nitrogens is 4. The molecule has 2 aliphatic carbocycles. The molecule has 8 aromatic rings. The average Bonchev–Trinajstić information content (AvgIpc) is 4.25. The van der Waals surface area contributed by atoms with Gasteiger partial charge >= 0.3 is 0 Å². The Morgan fingerprint density at radius 3 is 1.56 bits per heavy atom. The maximum atomic E-state index is 6.51. The third-order valence-corrected chi connectivity index (χ3v) is 14.6. The molecule has 3 aliphatic heterocycles. The van der Waals surface area contributed by atoms with Crippen LogP contribution in [0.1, 0.15) is 72.9 Å². The minimum Gasteiger partial charge on any atom is -0.488 e. The lowest BCUT2D eigenvalue weighted by Crippen LogP contribution is -2.38. The predicted octanol–water partition coefficient (Wildman–Crippen LogP) is 10.9. The fourth-order valence-corrected chi connectivity index (χ4v) is 10.2. The highest BCUT2D eigenvalue weighted by Gasteiger charge is 2.43. The Labute approximate surface area is 415 Å². The van der Waals surface area contributed by atoms with E-state index in [0.29, 0.717) is 13.2 Å². The molecule has 0 amide bonds. The van der Waals surface area contributed by atoms with Gasteiger partial charge in [-0.1, -0.05) is 97.1 Å². The Balaban J connectivity index is 0.000000168. The van der Waals surface area contributed by atoms with Crippen molar-refractivity contribution >= 4 is 28.3 Å². The number of rotatable bonds is 12. The summed E-state index contributed by atoms with van der Waals surface area (Å²) in [4.78, 5) is 18.7. The molecule has 4 fully saturated rings. The first kappa shape index (κ1) is 44.8. The van der Waals surface area contributed by atoms with Crippen molar-refractivity contribution in [2.24, 2.45) is 4.99 Å². The standard InChI is InChI=1S/C39H36N4O2.C21H23N3O2/c1-38(20-21-38)45-33-17-18-35-34(28-33)37(29-19-22-40-36(27-29)42-23-25-44-26-24-42)41-43(35)39(30-11-5-2-6-12-30,31-13-7-3-8-14-31)32-15-9-4-10-16-32;1-21(5-6-21)26-17-3-2-16-14-23-20(18(16)13-17)15-4-7-22-19(12-15)24-8-10-25-11-9-24/h2-19,22,27-28H,20-21,23-26H2,1H3;2-4,7,12-13H,5-6,8-11,14H2,1H3. The SMILES string of the molecule is CC1(Oc2ccc3c(c2)C(c2ccnc(N4CCOCC4)c2)=NC3)CC1.CC1(Oc2ccc3c(c2)c(-c2ccnc(N4CCOCC4)c2)nn3C(c2ccccc2)(c2ccccc2)c2ccccc2)CC1. The van der Waals surface area contributed by atoms with Crippen LogP contribution in [0.4, 0.5) is 11.6 Å². The summed E-state index contributed by atoms with van der Waals surface area (Å²) in [5.74, 6) is 3.76. The summed E-state index contributed by atoms with van der Waals surface area (Å²) in [5, 5.41) is 6.64. The van der Waals surface area contributed by atoms with E-state index in [0.717, 1.165) is 145 Å². The van der Waals surface area contributed by atoms with Crippen LogP contribution < -0.4 is 19.3 Å². The summed E-state index contributed by atoms with van der Waals surface area (Å²) < 4.78 is 26.0. The van der Waals surface area contributed by atoms with Crippen LogP contribution in [-0.4, -0.2) is 89.3 Å². The van der Waals surface area contributed by atoms with Crippen LogP contribution in [0.15, 0.2) is 169 Å². The van der Waals surface area contributed by atoms with Gasteiger partial charge in [-0.25, -0.2) is 14.6 Å². The Bertz CT molecular complexity index is 3100. The van der Waals surface area contributed by atoms with Gasteiger partial charge in [-0.05, 0) is 116 Å². The Hall–Kier alpha value is -7.34. The molecule has 0 atom stereocenters. The number of pyridine rings is 2. The molecular weight excluding hydrogens is 883 g/mol. The molecule has 2 saturated heterocycles. The average molecular weight is 942 g/mol. The normalized spacial score (nSPS) is 17.7. The molecule has 3 aromatic heterocycles. The van der Waals surface area contributed by atoms with Crippen molar-refractivity contribution in [1.82, 2.24) is 19.7 Å². The number of anilines is 2. The lowest BCUT2D eigenvalue weighted by Gasteiger charge is -2.37.